The molecule has 30 heavy (non-hydrogen) atoms. The highest BCUT2D eigenvalue weighted by atomic mass is 32.2. The van der Waals surface area contributed by atoms with Crippen LogP contribution in [0.15, 0.2) is 28.3 Å². The van der Waals surface area contributed by atoms with E-state index in [1.54, 1.807) is 13.0 Å². The molecule has 0 saturated carbocycles. The molecule has 2 aromatic rings. The number of aromatic nitrogens is 1. The van der Waals surface area contributed by atoms with Crippen LogP contribution in [0.3, 0.4) is 0 Å². The molecule has 7 nitrogen and oxygen atoms in total. The topological polar surface area (TPSA) is 103 Å². The van der Waals surface area contributed by atoms with Gasteiger partial charge in [0, 0.05) is 25.2 Å². The summed E-state index contributed by atoms with van der Waals surface area (Å²) in [6.45, 7) is 1.76. The number of sulfonamides is 1. The molecular weight excluding hydrogens is 440 g/mol. The number of rotatable bonds is 6. The number of nitriles is 1. The van der Waals surface area contributed by atoms with Crippen LogP contribution in [-0.2, 0) is 27.7 Å². The van der Waals surface area contributed by atoms with Crippen LogP contribution in [0.1, 0.15) is 42.2 Å². The van der Waals surface area contributed by atoms with Crippen molar-refractivity contribution in [1.29, 1.82) is 5.26 Å². The summed E-state index contributed by atoms with van der Waals surface area (Å²) in [5, 5.41) is 13.3. The predicted molar refractivity (Wildman–Crippen MR) is 119 cm³/mol. The number of anilines is 1. The fourth-order valence-electron chi connectivity index (χ4n) is 3.20. The Morgan fingerprint density at radius 3 is 2.67 bits per heavy atom. The molecular formula is C20H24N4O3S3. The molecule has 0 radical (unpaired) electrons. The summed E-state index contributed by atoms with van der Waals surface area (Å²) >= 11 is 2.75. The van der Waals surface area contributed by atoms with Crippen LogP contribution in [0.25, 0.3) is 0 Å². The molecule has 0 bridgehead atoms. The number of thiophene rings is 1. The molecule has 160 valence electrons. The summed E-state index contributed by atoms with van der Waals surface area (Å²) in [6, 6.07) is 5.35. The van der Waals surface area contributed by atoms with Crippen molar-refractivity contribution in [2.45, 2.75) is 54.2 Å². The molecule has 0 spiro atoms. The van der Waals surface area contributed by atoms with E-state index in [1.807, 2.05) is 0 Å². The summed E-state index contributed by atoms with van der Waals surface area (Å²) in [5.41, 5.74) is 1.69. The van der Waals surface area contributed by atoms with Gasteiger partial charge in [0.15, 0.2) is 0 Å². The Kier molecular flexibility index (Phi) is 7.18. The van der Waals surface area contributed by atoms with Crippen LogP contribution < -0.4 is 5.32 Å². The molecule has 0 aromatic carbocycles. The Morgan fingerprint density at radius 1 is 1.30 bits per heavy atom. The highest BCUT2D eigenvalue weighted by Gasteiger charge is 2.24. The molecule has 1 aliphatic carbocycles. The SMILES string of the molecule is C[C@@H](Sc1ccc(S(=O)(=O)N(C)C)cn1)C(=O)Nc1sc2c(c1C#N)CCCCC2. The van der Waals surface area contributed by atoms with Gasteiger partial charge < -0.3 is 5.32 Å². The van der Waals surface area contributed by atoms with E-state index in [4.69, 9.17) is 0 Å². The molecule has 0 aliphatic heterocycles. The van der Waals surface area contributed by atoms with Crippen molar-refractivity contribution >= 4 is 44.0 Å². The molecule has 2 heterocycles. The van der Waals surface area contributed by atoms with Gasteiger partial charge in [0.25, 0.3) is 0 Å². The highest BCUT2D eigenvalue weighted by Crippen LogP contribution is 2.37. The molecule has 0 unspecified atom stereocenters. The lowest BCUT2D eigenvalue weighted by Crippen LogP contribution is -2.23. The summed E-state index contributed by atoms with van der Waals surface area (Å²) in [4.78, 5) is 18.2. The molecule has 1 N–H and O–H groups in total. The van der Waals surface area contributed by atoms with E-state index in [2.05, 4.69) is 16.4 Å². The minimum absolute atomic E-state index is 0.104. The Labute approximate surface area is 185 Å². The number of hydrogen-bond acceptors (Lipinski definition) is 7. The number of pyridine rings is 1. The normalized spacial score (nSPS) is 15.2. The maximum Gasteiger partial charge on any atom is 0.244 e. The number of amides is 1. The van der Waals surface area contributed by atoms with Gasteiger partial charge in [0.1, 0.15) is 16.0 Å². The van der Waals surface area contributed by atoms with Crippen LogP contribution in [0.2, 0.25) is 0 Å². The molecule has 1 atom stereocenters. The number of fused-ring (bicyclic) bond motifs is 1. The summed E-state index contributed by atoms with van der Waals surface area (Å²) in [5.74, 6) is -0.209. The zero-order valence-corrected chi connectivity index (χ0v) is 19.6. The van der Waals surface area contributed by atoms with E-state index >= 15 is 0 Å². The highest BCUT2D eigenvalue weighted by molar-refractivity contribution is 8.00. The first-order valence-electron chi connectivity index (χ1n) is 9.64. The molecule has 10 heteroatoms. The average Bonchev–Trinajstić information content (AvgIpc) is 2.87. The monoisotopic (exact) mass is 464 g/mol. The third kappa shape index (κ3) is 4.86. The van der Waals surface area contributed by atoms with E-state index in [0.717, 1.165) is 35.6 Å². The molecule has 3 rings (SSSR count). The largest absolute Gasteiger partial charge is 0.316 e. The van der Waals surface area contributed by atoms with Gasteiger partial charge in [-0.15, -0.1) is 11.3 Å². The van der Waals surface area contributed by atoms with Crippen molar-refractivity contribution in [2.75, 3.05) is 19.4 Å². The second-order valence-corrected chi connectivity index (χ2v) is 11.9. The van der Waals surface area contributed by atoms with Crippen molar-refractivity contribution in [2.24, 2.45) is 0 Å². The zero-order chi connectivity index (χ0) is 21.9. The Bertz CT molecular complexity index is 1070. The second-order valence-electron chi connectivity index (χ2n) is 7.25. The van der Waals surface area contributed by atoms with Gasteiger partial charge in [0.05, 0.1) is 15.8 Å². The minimum atomic E-state index is -3.54. The van der Waals surface area contributed by atoms with Gasteiger partial charge in [-0.05, 0) is 50.3 Å². The van der Waals surface area contributed by atoms with Crippen LogP contribution in [0.4, 0.5) is 5.00 Å². The first-order valence-corrected chi connectivity index (χ1v) is 12.8. The summed E-state index contributed by atoms with van der Waals surface area (Å²) in [7, 11) is -0.613. The molecule has 1 aliphatic rings. The number of thioether (sulfide) groups is 1. The van der Waals surface area contributed by atoms with Gasteiger partial charge in [0.2, 0.25) is 15.9 Å². The standard InChI is InChI=1S/C20H24N4O3S3/c1-13(28-18-10-9-14(12-22-18)30(26,27)24(2)3)19(25)23-20-16(11-21)15-7-5-4-6-8-17(15)29-20/h9-10,12-13H,4-8H2,1-3H3,(H,23,25)/t13-/m1/s1. The number of nitrogens with zero attached hydrogens (tertiary/aromatic N) is 3. The van der Waals surface area contributed by atoms with Crippen molar-refractivity contribution in [1.82, 2.24) is 9.29 Å². The minimum Gasteiger partial charge on any atom is -0.316 e. The zero-order valence-electron chi connectivity index (χ0n) is 17.1. The number of nitrogens with one attached hydrogen (secondary N) is 1. The van der Waals surface area contributed by atoms with Gasteiger partial charge >= 0.3 is 0 Å². The van der Waals surface area contributed by atoms with E-state index in [-0.39, 0.29) is 10.8 Å². The fourth-order valence-corrected chi connectivity index (χ4v) is 6.08. The quantitative estimate of drug-likeness (QED) is 0.517. The second kappa shape index (κ2) is 9.47. The lowest BCUT2D eigenvalue weighted by atomic mass is 10.1. The van der Waals surface area contributed by atoms with Gasteiger partial charge in [-0.1, -0.05) is 18.2 Å². The van der Waals surface area contributed by atoms with Gasteiger partial charge in [-0.3, -0.25) is 4.79 Å². The molecule has 0 saturated heterocycles. The van der Waals surface area contributed by atoms with Crippen LogP contribution in [0.5, 0.6) is 0 Å². The third-order valence-corrected chi connectivity index (χ3v) is 8.98. The Morgan fingerprint density at radius 2 is 2.03 bits per heavy atom. The Hall–Kier alpha value is -1.93. The number of hydrogen-bond donors (Lipinski definition) is 1. The van der Waals surface area contributed by atoms with Crippen LogP contribution in [0, 0.1) is 11.3 Å². The van der Waals surface area contributed by atoms with E-state index in [9.17, 15) is 18.5 Å². The fraction of sp³-hybridized carbons (Fsp3) is 0.450. The van der Waals surface area contributed by atoms with Crippen molar-refractivity contribution in [3.63, 3.8) is 0 Å². The summed E-state index contributed by atoms with van der Waals surface area (Å²) in [6.07, 6.45) is 6.50. The summed E-state index contributed by atoms with van der Waals surface area (Å²) < 4.78 is 25.4. The van der Waals surface area contributed by atoms with Gasteiger partial charge in [-0.2, -0.15) is 5.26 Å². The smallest absolute Gasteiger partial charge is 0.244 e. The molecule has 0 fully saturated rings. The first kappa shape index (κ1) is 22.7. The number of carbonyl (C=O) groups excluding carboxylic acids is 1. The number of aryl methyl sites for hydroxylation is 1. The van der Waals surface area contributed by atoms with E-state index in [1.165, 1.54) is 60.8 Å². The van der Waals surface area contributed by atoms with Gasteiger partial charge in [-0.25, -0.2) is 17.7 Å². The number of carbonyl (C=O) groups is 1. The Balaban J connectivity index is 1.69. The molecule has 2 aromatic heterocycles. The lowest BCUT2D eigenvalue weighted by Gasteiger charge is -2.13. The average molecular weight is 465 g/mol. The van der Waals surface area contributed by atoms with Crippen LogP contribution >= 0.6 is 23.1 Å². The maximum atomic E-state index is 12.7. The maximum absolute atomic E-state index is 12.7. The van der Waals surface area contributed by atoms with E-state index < -0.39 is 15.3 Å². The predicted octanol–water partition coefficient (Wildman–Crippen LogP) is 3.65. The van der Waals surface area contributed by atoms with Crippen LogP contribution in [-0.4, -0.2) is 43.0 Å². The van der Waals surface area contributed by atoms with Crippen molar-refractivity contribution in [3.05, 3.63) is 34.3 Å². The molecule has 1 amide bonds. The third-order valence-electron chi connectivity index (χ3n) is 4.92. The van der Waals surface area contributed by atoms with Crippen molar-refractivity contribution in [3.8, 4) is 6.07 Å². The van der Waals surface area contributed by atoms with Crippen molar-refractivity contribution < 1.29 is 13.2 Å². The lowest BCUT2D eigenvalue weighted by molar-refractivity contribution is -0.115. The van der Waals surface area contributed by atoms with E-state index in [0.29, 0.717) is 15.6 Å². The first-order chi connectivity index (χ1) is 14.2.